The number of benzene rings is 1. The van der Waals surface area contributed by atoms with Gasteiger partial charge < -0.3 is 9.84 Å². The van der Waals surface area contributed by atoms with Gasteiger partial charge in [-0.15, -0.1) is 0 Å². The zero-order chi connectivity index (χ0) is 15.1. The van der Waals surface area contributed by atoms with Gasteiger partial charge in [0.2, 0.25) is 0 Å². The minimum Gasteiger partial charge on any atom is -0.480 e. The Labute approximate surface area is 119 Å². The Hall–Kier alpha value is -2.04. The Kier molecular flexibility index (Phi) is 6.03. The standard InChI is InChI=1S/C15H21NO4/c1-4-16(13(11(2)3)14(17)18)15(19)20-10-12-8-6-5-7-9-12/h5-9,11,13H,4,10H2,1-3H3,(H,17,18). The fourth-order valence-electron chi connectivity index (χ4n) is 2.02. The Balaban J connectivity index is 2.69. The van der Waals surface area contributed by atoms with Crippen LogP contribution in [0.4, 0.5) is 4.79 Å². The Morgan fingerprint density at radius 2 is 1.85 bits per heavy atom. The first-order valence-electron chi connectivity index (χ1n) is 6.67. The first kappa shape index (κ1) is 16.0. The van der Waals surface area contributed by atoms with E-state index in [4.69, 9.17) is 4.74 Å². The fraction of sp³-hybridized carbons (Fsp3) is 0.467. The maximum absolute atomic E-state index is 12.0. The van der Waals surface area contributed by atoms with Crippen LogP contribution < -0.4 is 0 Å². The van der Waals surface area contributed by atoms with Gasteiger partial charge in [0.15, 0.2) is 0 Å². The topological polar surface area (TPSA) is 66.8 Å². The molecule has 110 valence electrons. The number of nitrogens with zero attached hydrogens (tertiary/aromatic N) is 1. The van der Waals surface area contributed by atoms with Crippen LogP contribution in [-0.2, 0) is 16.1 Å². The SMILES string of the molecule is CCN(C(=O)OCc1ccccc1)C(C(=O)O)C(C)C. The lowest BCUT2D eigenvalue weighted by atomic mass is 10.0. The minimum absolute atomic E-state index is 0.139. The molecule has 1 atom stereocenters. The van der Waals surface area contributed by atoms with Crippen molar-refractivity contribution in [2.45, 2.75) is 33.4 Å². The van der Waals surface area contributed by atoms with Gasteiger partial charge in [0.1, 0.15) is 12.6 Å². The molecule has 0 aliphatic rings. The van der Waals surface area contributed by atoms with E-state index >= 15 is 0 Å². The number of carboxylic acid groups (broad SMARTS) is 1. The summed E-state index contributed by atoms with van der Waals surface area (Å²) in [4.78, 5) is 24.6. The van der Waals surface area contributed by atoms with E-state index in [1.54, 1.807) is 20.8 Å². The van der Waals surface area contributed by atoms with Crippen molar-refractivity contribution in [1.29, 1.82) is 0 Å². The quantitative estimate of drug-likeness (QED) is 0.869. The molecule has 1 N–H and O–H groups in total. The van der Waals surface area contributed by atoms with E-state index in [0.717, 1.165) is 5.56 Å². The predicted molar refractivity (Wildman–Crippen MR) is 75.3 cm³/mol. The summed E-state index contributed by atoms with van der Waals surface area (Å²) in [6.07, 6.45) is -0.600. The number of carboxylic acids is 1. The van der Waals surface area contributed by atoms with Crippen LogP contribution in [0.3, 0.4) is 0 Å². The molecule has 1 aromatic carbocycles. The van der Waals surface area contributed by atoms with Crippen LogP contribution in [0.25, 0.3) is 0 Å². The van der Waals surface area contributed by atoms with Gasteiger partial charge >= 0.3 is 12.1 Å². The van der Waals surface area contributed by atoms with Gasteiger partial charge in [-0.05, 0) is 18.4 Å². The summed E-state index contributed by atoms with van der Waals surface area (Å²) in [6, 6.07) is 8.41. The van der Waals surface area contributed by atoms with Crippen molar-refractivity contribution in [3.8, 4) is 0 Å². The Morgan fingerprint density at radius 1 is 1.25 bits per heavy atom. The van der Waals surface area contributed by atoms with E-state index in [-0.39, 0.29) is 12.5 Å². The number of amides is 1. The highest BCUT2D eigenvalue weighted by Gasteiger charge is 2.32. The van der Waals surface area contributed by atoms with Gasteiger partial charge in [0.25, 0.3) is 0 Å². The molecule has 1 aromatic rings. The van der Waals surface area contributed by atoms with Crippen LogP contribution in [0.5, 0.6) is 0 Å². The van der Waals surface area contributed by atoms with Crippen molar-refractivity contribution in [2.75, 3.05) is 6.54 Å². The maximum Gasteiger partial charge on any atom is 0.410 e. The Morgan fingerprint density at radius 3 is 2.30 bits per heavy atom. The summed E-state index contributed by atoms with van der Waals surface area (Å²) in [7, 11) is 0. The van der Waals surface area contributed by atoms with Crippen LogP contribution >= 0.6 is 0 Å². The lowest BCUT2D eigenvalue weighted by Crippen LogP contribution is -2.48. The van der Waals surface area contributed by atoms with Gasteiger partial charge in [0, 0.05) is 6.54 Å². The number of ether oxygens (including phenoxy) is 1. The minimum atomic E-state index is -1.02. The van der Waals surface area contributed by atoms with E-state index in [9.17, 15) is 14.7 Å². The summed E-state index contributed by atoms with van der Waals surface area (Å²) < 4.78 is 5.19. The highest BCUT2D eigenvalue weighted by Crippen LogP contribution is 2.13. The van der Waals surface area contributed by atoms with Gasteiger partial charge in [-0.3, -0.25) is 4.90 Å². The molecule has 1 rings (SSSR count). The average Bonchev–Trinajstić information content (AvgIpc) is 2.42. The van der Waals surface area contributed by atoms with E-state index in [1.807, 2.05) is 30.3 Å². The van der Waals surface area contributed by atoms with Crippen molar-refractivity contribution in [3.05, 3.63) is 35.9 Å². The Bertz CT molecular complexity index is 444. The maximum atomic E-state index is 12.0. The molecule has 0 saturated carbocycles. The largest absolute Gasteiger partial charge is 0.480 e. The third-order valence-corrected chi connectivity index (χ3v) is 3.00. The second-order valence-electron chi connectivity index (χ2n) is 4.85. The molecule has 0 radical (unpaired) electrons. The highest BCUT2D eigenvalue weighted by atomic mass is 16.6. The molecule has 5 heteroatoms. The van der Waals surface area contributed by atoms with Crippen molar-refractivity contribution in [1.82, 2.24) is 4.90 Å². The molecule has 0 aliphatic heterocycles. The molecule has 0 aliphatic carbocycles. The third kappa shape index (κ3) is 4.26. The summed E-state index contributed by atoms with van der Waals surface area (Å²) in [5.74, 6) is -1.20. The van der Waals surface area contributed by atoms with Crippen molar-refractivity contribution in [2.24, 2.45) is 5.92 Å². The van der Waals surface area contributed by atoms with Crippen LogP contribution in [0, 0.1) is 5.92 Å². The van der Waals surface area contributed by atoms with Crippen LogP contribution in [0.1, 0.15) is 26.3 Å². The average molecular weight is 279 g/mol. The van der Waals surface area contributed by atoms with Crippen LogP contribution in [0.15, 0.2) is 30.3 Å². The van der Waals surface area contributed by atoms with E-state index in [0.29, 0.717) is 6.54 Å². The predicted octanol–water partition coefficient (Wildman–Crippen LogP) is 2.75. The van der Waals surface area contributed by atoms with Gasteiger partial charge in [-0.2, -0.15) is 0 Å². The number of carbonyl (C=O) groups is 2. The first-order valence-corrected chi connectivity index (χ1v) is 6.67. The normalized spacial score (nSPS) is 12.0. The monoisotopic (exact) mass is 279 g/mol. The van der Waals surface area contributed by atoms with Crippen molar-refractivity contribution >= 4 is 12.1 Å². The zero-order valence-electron chi connectivity index (χ0n) is 12.1. The number of rotatable bonds is 6. The molecule has 1 unspecified atom stereocenters. The summed E-state index contributed by atoms with van der Waals surface area (Å²) >= 11 is 0. The first-order chi connectivity index (χ1) is 9.47. The molecule has 0 aromatic heterocycles. The fourth-order valence-corrected chi connectivity index (χ4v) is 2.02. The molecule has 0 bridgehead atoms. The van der Waals surface area contributed by atoms with E-state index in [1.165, 1.54) is 4.90 Å². The molecule has 0 spiro atoms. The summed E-state index contributed by atoms with van der Waals surface area (Å²) in [5.41, 5.74) is 0.869. The summed E-state index contributed by atoms with van der Waals surface area (Å²) in [5, 5.41) is 9.23. The molecular weight excluding hydrogens is 258 g/mol. The smallest absolute Gasteiger partial charge is 0.410 e. The number of hydrogen-bond donors (Lipinski definition) is 1. The molecule has 0 fully saturated rings. The molecule has 0 heterocycles. The number of aliphatic carboxylic acids is 1. The number of carbonyl (C=O) groups excluding carboxylic acids is 1. The van der Waals surface area contributed by atoms with Crippen molar-refractivity contribution < 1.29 is 19.4 Å². The van der Waals surface area contributed by atoms with Gasteiger partial charge in [-0.25, -0.2) is 9.59 Å². The van der Waals surface area contributed by atoms with Crippen molar-refractivity contribution in [3.63, 3.8) is 0 Å². The number of likely N-dealkylation sites (N-methyl/N-ethyl adjacent to an activating group) is 1. The van der Waals surface area contributed by atoms with E-state index < -0.39 is 18.1 Å². The van der Waals surface area contributed by atoms with Crippen LogP contribution in [-0.4, -0.2) is 34.7 Å². The second-order valence-corrected chi connectivity index (χ2v) is 4.85. The molecular formula is C15H21NO4. The molecule has 0 saturated heterocycles. The van der Waals surface area contributed by atoms with Gasteiger partial charge in [-0.1, -0.05) is 44.2 Å². The summed E-state index contributed by atoms with van der Waals surface area (Å²) in [6.45, 7) is 5.71. The second kappa shape index (κ2) is 7.53. The molecule has 5 nitrogen and oxygen atoms in total. The highest BCUT2D eigenvalue weighted by molar-refractivity contribution is 5.80. The lowest BCUT2D eigenvalue weighted by Gasteiger charge is -2.29. The molecule has 1 amide bonds. The lowest BCUT2D eigenvalue weighted by molar-refractivity contribution is -0.144. The number of hydrogen-bond acceptors (Lipinski definition) is 3. The van der Waals surface area contributed by atoms with E-state index in [2.05, 4.69) is 0 Å². The molecule has 20 heavy (non-hydrogen) atoms. The third-order valence-electron chi connectivity index (χ3n) is 3.00. The zero-order valence-corrected chi connectivity index (χ0v) is 12.1. The van der Waals surface area contributed by atoms with Gasteiger partial charge in [0.05, 0.1) is 0 Å². The van der Waals surface area contributed by atoms with Crippen LogP contribution in [0.2, 0.25) is 0 Å².